The SMILES string of the molecule is CC(C)C[C@H]1NC(=O)[C@H](CN)NC(=O)[C@H](C(C)C)NC(=O)[C@H](Cc2ccc(-c3ccccc3)cc2)NC(=O)[C@H](C(C)C)NC(=O)[C@H](Cc2c[nH]c3ccccc23)NC(=O)[C@H](CC(=O)O)NC(=O)[C@H](Cc2ccc(OCC(=O)O)cc2)NC(=O)[C@H](CN)NC(=O)CSC[C@@H](C(=O)NCC(N)=O)NC(=O)[C@H](CO)NC(=O)[C@H](C(C)C)NC(=O)[C@H](CC2CCCCC2)NC(=O)[C@H](CC(N)=O)NC1=O. The van der Waals surface area contributed by atoms with Gasteiger partial charge in [-0.15, -0.1) is 11.8 Å². The van der Waals surface area contributed by atoms with Gasteiger partial charge in [-0.25, -0.2) is 4.79 Å². The number of carboxylic acid groups (broad SMARTS) is 2. The molecule has 0 spiro atoms. The monoisotopic (exact) mass is 1900 g/mol. The third-order valence-corrected chi connectivity index (χ3v) is 23.5. The number of nitrogens with two attached hydrogens (primary N) is 4. The largest absolute Gasteiger partial charge is 0.482 e. The number of thioether (sulfide) groups is 1. The van der Waals surface area contributed by atoms with E-state index in [9.17, 15) is 87.2 Å². The Labute approximate surface area is 783 Å². The number of para-hydroxylation sites is 1. The van der Waals surface area contributed by atoms with Crippen molar-refractivity contribution < 1.29 is 111 Å². The van der Waals surface area contributed by atoms with Crippen LogP contribution in [0.3, 0.4) is 0 Å². The molecule has 4 aromatic carbocycles. The summed E-state index contributed by atoms with van der Waals surface area (Å²) in [5.41, 5.74) is 26.7. The molecule has 2 heterocycles. The van der Waals surface area contributed by atoms with Crippen LogP contribution in [-0.2, 0) is 110 Å². The van der Waals surface area contributed by atoms with Crippen LogP contribution in [0.5, 0.6) is 5.75 Å². The maximum atomic E-state index is 15.3. The van der Waals surface area contributed by atoms with Crippen LogP contribution in [0.1, 0.15) is 130 Å². The van der Waals surface area contributed by atoms with Crippen molar-refractivity contribution in [3.8, 4) is 16.9 Å². The second-order valence-electron chi connectivity index (χ2n) is 34.8. The molecule has 14 atom stereocenters. The number of carboxylic acids is 2. The Hall–Kier alpha value is -13.6. The van der Waals surface area contributed by atoms with Crippen molar-refractivity contribution in [1.82, 2.24) is 84.7 Å². The van der Waals surface area contributed by atoms with Crippen molar-refractivity contribution in [2.45, 2.75) is 217 Å². The molecule has 2 aliphatic rings. The van der Waals surface area contributed by atoms with Gasteiger partial charge >= 0.3 is 11.9 Å². The number of hydrogen-bond donors (Lipinski definition) is 23. The summed E-state index contributed by atoms with van der Waals surface area (Å²) in [5.74, 6) is -25.5. The van der Waals surface area contributed by atoms with Gasteiger partial charge < -0.3 is 128 Å². The molecule has 17 amide bonds. The van der Waals surface area contributed by atoms with E-state index in [2.05, 4.69) is 84.7 Å². The first-order valence-corrected chi connectivity index (χ1v) is 45.7. The number of rotatable bonds is 27. The molecular formula is C91H126N20O23S. The highest BCUT2D eigenvalue weighted by Crippen LogP contribution is 2.29. The van der Waals surface area contributed by atoms with Gasteiger partial charge in [0.25, 0.3) is 0 Å². The van der Waals surface area contributed by atoms with E-state index in [0.717, 1.165) is 30.4 Å². The number of hydrogen-bond acceptors (Lipinski definition) is 24. The van der Waals surface area contributed by atoms with Gasteiger partial charge in [-0.1, -0.05) is 172 Å². The van der Waals surface area contributed by atoms with Crippen LogP contribution in [-0.4, -0.2) is 262 Å². The lowest BCUT2D eigenvalue weighted by molar-refractivity contribution is -0.142. The smallest absolute Gasteiger partial charge is 0.341 e. The summed E-state index contributed by atoms with van der Waals surface area (Å²) in [6.07, 6.45) is 1.70. The molecule has 734 valence electrons. The molecule has 1 saturated heterocycles. The molecular weight excluding hydrogens is 1770 g/mol. The van der Waals surface area contributed by atoms with Gasteiger partial charge in [0.15, 0.2) is 6.61 Å². The van der Waals surface area contributed by atoms with Crippen LogP contribution in [0, 0.1) is 29.6 Å². The van der Waals surface area contributed by atoms with E-state index in [0.29, 0.717) is 46.6 Å². The molecule has 1 saturated carbocycles. The zero-order chi connectivity index (χ0) is 99.4. The number of fused-ring (bicyclic) bond motifs is 1. The second-order valence-corrected chi connectivity index (χ2v) is 35.8. The summed E-state index contributed by atoms with van der Waals surface area (Å²) in [4.78, 5) is 272. The number of aliphatic carboxylic acids is 2. The van der Waals surface area contributed by atoms with Crippen LogP contribution in [0.4, 0.5) is 0 Å². The third-order valence-electron chi connectivity index (χ3n) is 22.4. The maximum Gasteiger partial charge on any atom is 0.341 e. The van der Waals surface area contributed by atoms with E-state index in [1.807, 2.05) is 30.3 Å². The standard InChI is InChI=1S/C91H126N20O23S/c1-46(2)31-59-79(121)103-64(36-70(94)113)81(123)100-61(32-50-17-11-9-12-18-50)83(125)110-77(49(7)8)91(133)107-68(42-112)88(130)108-69(78(120)97-41-71(95)114)44-135-45-72(115)98-66(38-92)86(128)101-60(34-52-25-29-56(30-26-52)134-43-74(118)119)80(122)104-65(37-73(116)117)82(124)102-63(35-55-40-96-58-22-16-15-21-57(55)58)85(127)111-75(47(3)4)89(131)105-62(33-51-23-27-54(28-24-51)53-19-13-10-14-20-53)84(126)109-76(48(5)6)90(132)106-67(39-93)87(129)99-59/h10,13-16,19-30,40,46-50,59-69,75-77,96,112H,9,11-12,17-18,31-39,41-45,92-93H2,1-8H3,(H2,94,113)(H2,95,114)(H,97,120)(H,98,115)(H,99,129)(H,100,123)(H,101,128)(H,102,124)(H,103,121)(H,104,122)(H,105,131)(H,106,132)(H,107,133)(H,108,130)(H,109,126)(H,110,125)(H,111,127)(H,116,117)(H,118,119)/t59-,60+,61+,62+,63+,64+,65+,66+,67+,68+,69+,75+,76+,77+/m1/s1. The molecule has 0 radical (unpaired) electrons. The molecule has 2 fully saturated rings. The van der Waals surface area contributed by atoms with Crippen molar-refractivity contribution in [1.29, 1.82) is 0 Å². The number of nitrogens with one attached hydrogen (secondary N) is 16. The number of aliphatic hydroxyl groups is 1. The Kier molecular flexibility index (Phi) is 42.8. The second kappa shape index (κ2) is 53.3. The van der Waals surface area contributed by atoms with Gasteiger partial charge in [-0.2, -0.15) is 0 Å². The van der Waals surface area contributed by atoms with E-state index < -0.39 is 291 Å². The minimum absolute atomic E-state index is 0.0445. The van der Waals surface area contributed by atoms with Crippen LogP contribution >= 0.6 is 11.8 Å². The summed E-state index contributed by atoms with van der Waals surface area (Å²) in [6.45, 7) is 8.65. The summed E-state index contributed by atoms with van der Waals surface area (Å²) >= 11 is 0.652. The van der Waals surface area contributed by atoms with Crippen molar-refractivity contribution >= 4 is 135 Å². The first-order valence-electron chi connectivity index (χ1n) is 44.6. The van der Waals surface area contributed by atoms with Crippen LogP contribution in [0.2, 0.25) is 0 Å². The van der Waals surface area contributed by atoms with Crippen molar-refractivity contribution in [3.63, 3.8) is 0 Å². The molecule has 44 heteroatoms. The molecule has 5 aromatic rings. The van der Waals surface area contributed by atoms with Crippen LogP contribution in [0.25, 0.3) is 22.0 Å². The lowest BCUT2D eigenvalue weighted by atomic mass is 9.84. The lowest BCUT2D eigenvalue weighted by Crippen LogP contribution is -2.63. The number of aliphatic hydroxyl groups excluding tert-OH is 1. The van der Waals surface area contributed by atoms with Crippen molar-refractivity contribution in [3.05, 3.63) is 126 Å². The van der Waals surface area contributed by atoms with E-state index in [4.69, 9.17) is 27.7 Å². The fourth-order valence-corrected chi connectivity index (χ4v) is 16.0. The van der Waals surface area contributed by atoms with Crippen LogP contribution in [0.15, 0.2) is 109 Å². The molecule has 1 aromatic heterocycles. The number of H-pyrrole nitrogens is 1. The summed E-state index contributed by atoms with van der Waals surface area (Å²) < 4.78 is 5.27. The van der Waals surface area contributed by atoms with Crippen LogP contribution < -0.4 is 107 Å². The Morgan fingerprint density at radius 3 is 1.36 bits per heavy atom. The van der Waals surface area contributed by atoms with E-state index in [-0.39, 0.29) is 36.5 Å². The molecule has 135 heavy (non-hydrogen) atoms. The predicted molar refractivity (Wildman–Crippen MR) is 494 cm³/mol. The minimum atomic E-state index is -2.11. The number of carbonyl (C=O) groups is 19. The number of primary amides is 2. The highest BCUT2D eigenvalue weighted by molar-refractivity contribution is 8.00. The Morgan fingerprint density at radius 1 is 0.437 bits per heavy atom. The summed E-state index contributed by atoms with van der Waals surface area (Å²) in [6, 6.07) is 4.60. The quantitative estimate of drug-likeness (QED) is 0.0245. The number of aromatic nitrogens is 1. The molecule has 1 aliphatic heterocycles. The van der Waals surface area contributed by atoms with Gasteiger partial charge in [0.2, 0.25) is 100 Å². The van der Waals surface area contributed by atoms with Crippen molar-refractivity contribution in [2.75, 3.05) is 44.4 Å². The van der Waals surface area contributed by atoms with E-state index in [1.54, 1.807) is 90.1 Å². The van der Waals surface area contributed by atoms with Gasteiger partial charge in [0.05, 0.1) is 31.7 Å². The Bertz CT molecular complexity index is 5000. The fourth-order valence-electron chi connectivity index (χ4n) is 15.1. The number of benzene rings is 4. The highest BCUT2D eigenvalue weighted by Gasteiger charge is 2.41. The first kappa shape index (κ1) is 108. The number of ether oxygens (including phenoxy) is 1. The molecule has 27 N–H and O–H groups in total. The lowest BCUT2D eigenvalue weighted by Gasteiger charge is -2.31. The number of amides is 17. The number of carbonyl (C=O) groups excluding carboxylic acids is 17. The van der Waals surface area contributed by atoms with E-state index >= 15 is 19.2 Å². The molecule has 0 unspecified atom stereocenters. The zero-order valence-electron chi connectivity index (χ0n) is 76.5. The maximum absolute atomic E-state index is 15.3. The van der Waals surface area contributed by atoms with Gasteiger partial charge in [0.1, 0.15) is 90.3 Å². The minimum Gasteiger partial charge on any atom is -0.482 e. The summed E-state index contributed by atoms with van der Waals surface area (Å²) in [5, 5.41) is 68.7. The first-order chi connectivity index (χ1) is 64.0. The molecule has 7 rings (SSSR count). The van der Waals surface area contributed by atoms with Crippen molar-refractivity contribution in [2.24, 2.45) is 52.5 Å². The topological polar surface area (TPSA) is 695 Å². The zero-order valence-corrected chi connectivity index (χ0v) is 77.3. The molecule has 43 nitrogen and oxygen atoms in total. The van der Waals surface area contributed by atoms with Gasteiger partial charge in [-0.3, -0.25) is 86.3 Å². The number of aromatic amines is 1. The van der Waals surface area contributed by atoms with Gasteiger partial charge in [-0.05, 0) is 88.4 Å². The molecule has 1 aliphatic carbocycles. The van der Waals surface area contributed by atoms with Gasteiger partial charge in [0, 0.05) is 55.2 Å². The Morgan fingerprint density at radius 2 is 0.859 bits per heavy atom. The molecule has 0 bridgehead atoms. The third kappa shape index (κ3) is 34.7. The predicted octanol–water partition coefficient (Wildman–Crippen LogP) is -3.29. The fraction of sp³-hybridized carbons (Fsp3) is 0.505. The van der Waals surface area contributed by atoms with E-state index in [1.165, 1.54) is 44.3 Å². The Balaban J connectivity index is 1.30. The highest BCUT2D eigenvalue weighted by atomic mass is 32.2. The average Bonchev–Trinajstić information content (AvgIpc) is 1.66. The average molecular weight is 1900 g/mol. The normalized spacial score (nSPS) is 23.8. The summed E-state index contributed by atoms with van der Waals surface area (Å²) in [7, 11) is 0.